The van der Waals surface area contributed by atoms with Gasteiger partial charge in [-0.05, 0) is 18.2 Å². The summed E-state index contributed by atoms with van der Waals surface area (Å²) < 4.78 is 37.2. The molecule has 1 aromatic heterocycles. The number of pyridine rings is 1. The number of alkyl halides is 3. The molecule has 0 aliphatic rings. The van der Waals surface area contributed by atoms with Crippen LogP contribution < -0.4 is 0 Å². The average Bonchev–Trinajstić information content (AvgIpc) is 2.27. The number of nitrogens with zero attached hydrogens (tertiary/aromatic N) is 1. The first-order valence-corrected chi connectivity index (χ1v) is 6.10. The molecule has 0 bridgehead atoms. The molecule has 0 aliphatic heterocycles. The van der Waals surface area contributed by atoms with Gasteiger partial charge < -0.3 is 0 Å². The SMILES string of the molecule is FC(F)(F)c1ccc(-c2c(Cl)cc(Cl)cc2Cl)cn1. The molecule has 0 unspecified atom stereocenters. The van der Waals surface area contributed by atoms with Crippen LogP contribution in [0.15, 0.2) is 30.5 Å². The van der Waals surface area contributed by atoms with E-state index in [1.165, 1.54) is 18.2 Å². The van der Waals surface area contributed by atoms with Crippen LogP contribution in [-0.2, 0) is 6.18 Å². The minimum absolute atomic E-state index is 0.249. The van der Waals surface area contributed by atoms with E-state index in [9.17, 15) is 13.2 Å². The van der Waals surface area contributed by atoms with Gasteiger partial charge in [0.1, 0.15) is 5.69 Å². The summed E-state index contributed by atoms with van der Waals surface area (Å²) in [6.07, 6.45) is -3.41. The Morgan fingerprint density at radius 1 is 0.947 bits per heavy atom. The number of halogens is 6. The predicted molar refractivity (Wildman–Crippen MR) is 69.7 cm³/mol. The molecule has 1 aromatic carbocycles. The lowest BCUT2D eigenvalue weighted by Crippen LogP contribution is -2.07. The van der Waals surface area contributed by atoms with Crippen LogP contribution >= 0.6 is 34.8 Å². The van der Waals surface area contributed by atoms with Gasteiger partial charge in [0.25, 0.3) is 0 Å². The standard InChI is InChI=1S/C12H5Cl3F3N/c13-7-3-8(14)11(9(15)4-7)6-1-2-10(19-5-6)12(16,17)18/h1-5H. The Balaban J connectivity index is 2.49. The lowest BCUT2D eigenvalue weighted by atomic mass is 10.1. The molecule has 2 rings (SSSR count). The third-order valence-corrected chi connectivity index (χ3v) is 3.16. The summed E-state index contributed by atoms with van der Waals surface area (Å²) in [4.78, 5) is 3.36. The Morgan fingerprint density at radius 2 is 1.53 bits per heavy atom. The third kappa shape index (κ3) is 3.14. The summed E-state index contributed by atoms with van der Waals surface area (Å²) in [5.74, 6) is 0. The molecule has 0 N–H and O–H groups in total. The van der Waals surface area contributed by atoms with Gasteiger partial charge in [0, 0.05) is 22.3 Å². The molecule has 1 heterocycles. The number of hydrogen-bond donors (Lipinski definition) is 0. The zero-order valence-corrected chi connectivity index (χ0v) is 11.4. The summed E-state index contributed by atoms with van der Waals surface area (Å²) in [7, 11) is 0. The topological polar surface area (TPSA) is 12.9 Å². The first-order valence-electron chi connectivity index (χ1n) is 4.97. The second-order valence-electron chi connectivity index (χ2n) is 3.67. The van der Waals surface area contributed by atoms with Crippen LogP contribution in [0.25, 0.3) is 11.1 Å². The molecule has 0 fully saturated rings. The van der Waals surface area contributed by atoms with Gasteiger partial charge in [-0.15, -0.1) is 0 Å². The van der Waals surface area contributed by atoms with Crippen molar-refractivity contribution in [3.8, 4) is 11.1 Å². The van der Waals surface area contributed by atoms with Crippen molar-refractivity contribution in [3.05, 3.63) is 51.2 Å². The summed E-state index contributed by atoms with van der Waals surface area (Å²) >= 11 is 17.7. The van der Waals surface area contributed by atoms with Gasteiger partial charge in [-0.2, -0.15) is 13.2 Å². The molecule has 0 saturated carbocycles. The minimum Gasteiger partial charge on any atom is -0.251 e. The molecule has 0 spiro atoms. The molecule has 19 heavy (non-hydrogen) atoms. The lowest BCUT2D eigenvalue weighted by molar-refractivity contribution is -0.141. The van der Waals surface area contributed by atoms with Crippen LogP contribution in [0.1, 0.15) is 5.69 Å². The maximum absolute atomic E-state index is 12.4. The van der Waals surface area contributed by atoms with Crippen LogP contribution in [0.3, 0.4) is 0 Å². The van der Waals surface area contributed by atoms with Crippen molar-refractivity contribution < 1.29 is 13.2 Å². The van der Waals surface area contributed by atoms with E-state index in [2.05, 4.69) is 4.98 Å². The fourth-order valence-corrected chi connectivity index (χ4v) is 2.56. The van der Waals surface area contributed by atoms with Gasteiger partial charge in [-0.25, -0.2) is 0 Å². The number of aromatic nitrogens is 1. The van der Waals surface area contributed by atoms with E-state index in [-0.39, 0.29) is 10.0 Å². The van der Waals surface area contributed by atoms with Crippen LogP contribution in [0.4, 0.5) is 13.2 Å². The molecular weight excluding hydrogens is 321 g/mol. The summed E-state index contributed by atoms with van der Waals surface area (Å²) in [6, 6.07) is 5.05. The molecular formula is C12H5Cl3F3N. The fraction of sp³-hybridized carbons (Fsp3) is 0.0833. The van der Waals surface area contributed by atoms with E-state index in [0.717, 1.165) is 12.3 Å². The highest BCUT2D eigenvalue weighted by atomic mass is 35.5. The van der Waals surface area contributed by atoms with E-state index in [0.29, 0.717) is 16.1 Å². The molecule has 100 valence electrons. The predicted octanol–water partition coefficient (Wildman–Crippen LogP) is 5.73. The van der Waals surface area contributed by atoms with E-state index in [1.807, 2.05) is 0 Å². The van der Waals surface area contributed by atoms with Crippen molar-refractivity contribution in [1.29, 1.82) is 0 Å². The van der Waals surface area contributed by atoms with E-state index in [1.54, 1.807) is 0 Å². The quantitative estimate of drug-likeness (QED) is 0.652. The van der Waals surface area contributed by atoms with Crippen molar-refractivity contribution in [3.63, 3.8) is 0 Å². The zero-order chi connectivity index (χ0) is 14.2. The Morgan fingerprint density at radius 3 is 1.95 bits per heavy atom. The van der Waals surface area contributed by atoms with Crippen molar-refractivity contribution in [2.45, 2.75) is 6.18 Å². The van der Waals surface area contributed by atoms with Crippen LogP contribution in [0, 0.1) is 0 Å². The second-order valence-corrected chi connectivity index (χ2v) is 4.93. The molecule has 0 saturated heterocycles. The van der Waals surface area contributed by atoms with Crippen molar-refractivity contribution in [2.24, 2.45) is 0 Å². The summed E-state index contributed by atoms with van der Waals surface area (Å²) in [6.45, 7) is 0. The fourth-order valence-electron chi connectivity index (χ4n) is 1.53. The molecule has 0 atom stereocenters. The smallest absolute Gasteiger partial charge is 0.251 e. The highest BCUT2D eigenvalue weighted by Gasteiger charge is 2.32. The maximum Gasteiger partial charge on any atom is 0.433 e. The van der Waals surface area contributed by atoms with Gasteiger partial charge >= 0.3 is 6.18 Å². The monoisotopic (exact) mass is 325 g/mol. The molecule has 1 nitrogen and oxygen atoms in total. The molecule has 0 radical (unpaired) electrons. The Bertz CT molecular complexity index is 586. The normalized spacial score (nSPS) is 11.7. The summed E-state index contributed by atoms with van der Waals surface area (Å²) in [5, 5.41) is 0.844. The Labute approximate surface area is 121 Å². The minimum atomic E-state index is -4.48. The second kappa shape index (κ2) is 5.19. The Hall–Kier alpha value is -0.970. The van der Waals surface area contributed by atoms with E-state index in [4.69, 9.17) is 34.8 Å². The van der Waals surface area contributed by atoms with Crippen LogP contribution in [0.2, 0.25) is 15.1 Å². The van der Waals surface area contributed by atoms with Gasteiger partial charge in [-0.3, -0.25) is 4.98 Å². The van der Waals surface area contributed by atoms with Gasteiger partial charge in [0.15, 0.2) is 0 Å². The van der Waals surface area contributed by atoms with Crippen molar-refractivity contribution in [2.75, 3.05) is 0 Å². The van der Waals surface area contributed by atoms with Crippen LogP contribution in [0.5, 0.6) is 0 Å². The highest BCUT2D eigenvalue weighted by molar-refractivity contribution is 6.41. The van der Waals surface area contributed by atoms with Gasteiger partial charge in [0.05, 0.1) is 10.0 Å². The van der Waals surface area contributed by atoms with E-state index >= 15 is 0 Å². The molecule has 0 amide bonds. The molecule has 7 heteroatoms. The number of rotatable bonds is 1. The zero-order valence-electron chi connectivity index (χ0n) is 9.10. The summed E-state index contributed by atoms with van der Waals surface area (Å²) in [5.41, 5.74) is -0.189. The first-order chi connectivity index (χ1) is 8.79. The third-order valence-electron chi connectivity index (χ3n) is 2.35. The largest absolute Gasteiger partial charge is 0.433 e. The maximum atomic E-state index is 12.4. The number of benzene rings is 1. The number of hydrogen-bond acceptors (Lipinski definition) is 1. The van der Waals surface area contributed by atoms with E-state index < -0.39 is 11.9 Å². The molecule has 2 aromatic rings. The van der Waals surface area contributed by atoms with Crippen molar-refractivity contribution in [1.82, 2.24) is 4.98 Å². The Kier molecular flexibility index (Phi) is 3.95. The van der Waals surface area contributed by atoms with Crippen LogP contribution in [-0.4, -0.2) is 4.98 Å². The first kappa shape index (κ1) is 14.4. The average molecular weight is 327 g/mol. The highest BCUT2D eigenvalue weighted by Crippen LogP contribution is 2.37. The lowest BCUT2D eigenvalue weighted by Gasteiger charge is -2.09. The van der Waals surface area contributed by atoms with Crippen molar-refractivity contribution >= 4 is 34.8 Å². The molecule has 0 aliphatic carbocycles. The van der Waals surface area contributed by atoms with Gasteiger partial charge in [0.2, 0.25) is 0 Å². The van der Waals surface area contributed by atoms with Gasteiger partial charge in [-0.1, -0.05) is 40.9 Å².